The summed E-state index contributed by atoms with van der Waals surface area (Å²) in [6, 6.07) is 0. The molecule has 1 aliphatic heterocycles. The monoisotopic (exact) mass is 257 g/mol. The van der Waals surface area contributed by atoms with Crippen LogP contribution in [-0.2, 0) is 14.3 Å². The molecule has 6 heteroatoms. The average molecular weight is 257 g/mol. The maximum atomic E-state index is 12.0. The zero-order chi connectivity index (χ0) is 13.4. The fourth-order valence-electron chi connectivity index (χ4n) is 1.84. The Kier molecular flexibility index (Phi) is 6.67. The third-order valence-electron chi connectivity index (χ3n) is 2.91. The molecule has 0 saturated carbocycles. The van der Waals surface area contributed by atoms with E-state index in [0.717, 1.165) is 0 Å². The molecule has 0 radical (unpaired) electrons. The smallest absolute Gasteiger partial charge is 0.236 e. The number of nitrogens with zero attached hydrogens (tertiary/aromatic N) is 2. The summed E-state index contributed by atoms with van der Waals surface area (Å²) in [5.41, 5.74) is 0. The van der Waals surface area contributed by atoms with Crippen LogP contribution in [0.1, 0.15) is 13.8 Å². The average Bonchev–Trinajstić information content (AvgIpc) is 2.39. The lowest BCUT2D eigenvalue weighted by Crippen LogP contribution is -2.47. The van der Waals surface area contributed by atoms with Crippen molar-refractivity contribution in [3.8, 4) is 0 Å². The molecule has 0 spiro atoms. The second-order valence-electron chi connectivity index (χ2n) is 4.25. The van der Waals surface area contributed by atoms with Crippen LogP contribution in [0.25, 0.3) is 0 Å². The van der Waals surface area contributed by atoms with Gasteiger partial charge in [-0.1, -0.05) is 6.92 Å². The molecule has 0 aromatic heterocycles. The quantitative estimate of drug-likeness (QED) is 0.684. The first-order valence-corrected chi connectivity index (χ1v) is 6.52. The van der Waals surface area contributed by atoms with Gasteiger partial charge in [0.05, 0.1) is 26.3 Å². The van der Waals surface area contributed by atoms with Gasteiger partial charge < -0.3 is 15.0 Å². The van der Waals surface area contributed by atoms with Crippen molar-refractivity contribution in [3.63, 3.8) is 0 Å². The number of rotatable bonds is 6. The number of hydrogen-bond donors (Lipinski definition) is 1. The van der Waals surface area contributed by atoms with Crippen LogP contribution < -0.4 is 5.32 Å². The van der Waals surface area contributed by atoms with Crippen LogP contribution in [0.3, 0.4) is 0 Å². The summed E-state index contributed by atoms with van der Waals surface area (Å²) in [6.07, 6.45) is 0. The minimum Gasteiger partial charge on any atom is -0.378 e. The van der Waals surface area contributed by atoms with Crippen molar-refractivity contribution in [2.75, 3.05) is 52.5 Å². The van der Waals surface area contributed by atoms with Crippen LogP contribution in [0.5, 0.6) is 0 Å². The lowest BCUT2D eigenvalue weighted by Gasteiger charge is -2.29. The van der Waals surface area contributed by atoms with Crippen LogP contribution in [0.15, 0.2) is 0 Å². The molecule has 1 aliphatic rings. The topological polar surface area (TPSA) is 61.9 Å². The molecule has 0 atom stereocenters. The molecular formula is C12H23N3O3. The van der Waals surface area contributed by atoms with E-state index in [1.54, 1.807) is 4.90 Å². The van der Waals surface area contributed by atoms with Crippen LogP contribution >= 0.6 is 0 Å². The van der Waals surface area contributed by atoms with Gasteiger partial charge in [0.1, 0.15) is 0 Å². The van der Waals surface area contributed by atoms with Crippen LogP contribution in [0, 0.1) is 0 Å². The highest BCUT2D eigenvalue weighted by molar-refractivity contribution is 5.81. The highest BCUT2D eigenvalue weighted by Crippen LogP contribution is 1.99. The largest absolute Gasteiger partial charge is 0.378 e. The molecule has 1 rings (SSSR count). The highest BCUT2D eigenvalue weighted by Gasteiger charge is 2.19. The first kappa shape index (κ1) is 14.9. The summed E-state index contributed by atoms with van der Waals surface area (Å²) in [6.45, 7) is 8.23. The molecule has 1 fully saturated rings. The highest BCUT2D eigenvalue weighted by atomic mass is 16.5. The number of carbonyl (C=O) groups excluding carboxylic acids is 2. The van der Waals surface area contributed by atoms with E-state index in [1.165, 1.54) is 0 Å². The minimum absolute atomic E-state index is 0.0332. The summed E-state index contributed by atoms with van der Waals surface area (Å²) in [5, 5.41) is 2.74. The molecule has 0 aromatic rings. The molecule has 1 N–H and O–H groups in total. The van der Waals surface area contributed by atoms with Gasteiger partial charge in [0, 0.05) is 19.6 Å². The number of ether oxygens (including phenoxy) is 1. The van der Waals surface area contributed by atoms with Crippen molar-refractivity contribution in [2.24, 2.45) is 0 Å². The van der Waals surface area contributed by atoms with E-state index in [9.17, 15) is 9.59 Å². The Bertz CT molecular complexity index is 278. The van der Waals surface area contributed by atoms with Crippen molar-refractivity contribution >= 4 is 11.8 Å². The molecule has 18 heavy (non-hydrogen) atoms. The van der Waals surface area contributed by atoms with Gasteiger partial charge in [-0.05, 0) is 13.5 Å². The van der Waals surface area contributed by atoms with Crippen molar-refractivity contribution in [1.29, 1.82) is 0 Å². The number of amides is 2. The van der Waals surface area contributed by atoms with E-state index in [4.69, 9.17) is 4.74 Å². The maximum Gasteiger partial charge on any atom is 0.236 e. The van der Waals surface area contributed by atoms with Crippen molar-refractivity contribution in [1.82, 2.24) is 15.1 Å². The van der Waals surface area contributed by atoms with Gasteiger partial charge in [-0.3, -0.25) is 14.5 Å². The van der Waals surface area contributed by atoms with E-state index >= 15 is 0 Å². The Balaban J connectivity index is 2.36. The fourth-order valence-corrected chi connectivity index (χ4v) is 1.84. The number of likely N-dealkylation sites (N-methyl/N-ethyl adjacent to an activating group) is 2. The molecule has 1 heterocycles. The lowest BCUT2D eigenvalue weighted by atomic mass is 10.3. The van der Waals surface area contributed by atoms with Crippen molar-refractivity contribution in [2.45, 2.75) is 13.8 Å². The van der Waals surface area contributed by atoms with Crippen LogP contribution in [-0.4, -0.2) is 74.1 Å². The molecule has 1 saturated heterocycles. The number of morpholine rings is 1. The first-order chi connectivity index (χ1) is 8.67. The molecule has 6 nitrogen and oxygen atoms in total. The SMILES string of the molecule is CCNC(=O)CN(CC)CC(=O)N1CCOCC1. The predicted molar refractivity (Wildman–Crippen MR) is 68.2 cm³/mol. The molecule has 0 unspecified atom stereocenters. The Morgan fingerprint density at radius 3 is 2.44 bits per heavy atom. The Hall–Kier alpha value is -1.14. The molecule has 0 aromatic carbocycles. The third kappa shape index (κ3) is 5.01. The normalized spacial score (nSPS) is 15.8. The molecule has 2 amide bonds. The van der Waals surface area contributed by atoms with E-state index in [0.29, 0.717) is 45.9 Å². The number of nitrogens with one attached hydrogen (secondary N) is 1. The Morgan fingerprint density at radius 2 is 1.89 bits per heavy atom. The summed E-state index contributed by atoms with van der Waals surface area (Å²) in [4.78, 5) is 27.1. The van der Waals surface area contributed by atoms with Gasteiger partial charge >= 0.3 is 0 Å². The second kappa shape index (κ2) is 8.05. The molecule has 0 aliphatic carbocycles. The van der Waals surface area contributed by atoms with Gasteiger partial charge in [0.2, 0.25) is 11.8 Å². The molecule has 104 valence electrons. The van der Waals surface area contributed by atoms with E-state index in [-0.39, 0.29) is 18.4 Å². The summed E-state index contributed by atoms with van der Waals surface area (Å²) in [5.74, 6) is 0.0403. The Labute approximate surface area is 108 Å². The minimum atomic E-state index is -0.0332. The predicted octanol–water partition coefficient (Wildman–Crippen LogP) is -0.697. The fraction of sp³-hybridized carbons (Fsp3) is 0.833. The summed E-state index contributed by atoms with van der Waals surface area (Å²) >= 11 is 0. The first-order valence-electron chi connectivity index (χ1n) is 6.52. The van der Waals surface area contributed by atoms with E-state index in [2.05, 4.69) is 5.32 Å². The zero-order valence-corrected chi connectivity index (χ0v) is 11.3. The summed E-state index contributed by atoms with van der Waals surface area (Å²) in [7, 11) is 0. The van der Waals surface area contributed by atoms with Gasteiger partial charge in [-0.2, -0.15) is 0 Å². The summed E-state index contributed by atoms with van der Waals surface area (Å²) < 4.78 is 5.21. The third-order valence-corrected chi connectivity index (χ3v) is 2.91. The van der Waals surface area contributed by atoms with Gasteiger partial charge in [-0.25, -0.2) is 0 Å². The Morgan fingerprint density at radius 1 is 1.22 bits per heavy atom. The number of carbonyl (C=O) groups is 2. The van der Waals surface area contributed by atoms with Crippen LogP contribution in [0.2, 0.25) is 0 Å². The van der Waals surface area contributed by atoms with E-state index in [1.807, 2.05) is 18.7 Å². The zero-order valence-electron chi connectivity index (χ0n) is 11.3. The lowest BCUT2D eigenvalue weighted by molar-refractivity contribution is -0.136. The molecule has 0 bridgehead atoms. The second-order valence-corrected chi connectivity index (χ2v) is 4.25. The number of hydrogen-bond acceptors (Lipinski definition) is 4. The van der Waals surface area contributed by atoms with Gasteiger partial charge in [0.15, 0.2) is 0 Å². The maximum absolute atomic E-state index is 12.0. The van der Waals surface area contributed by atoms with Crippen LogP contribution in [0.4, 0.5) is 0 Å². The molecular weight excluding hydrogens is 234 g/mol. The standard InChI is InChI=1S/C12H23N3O3/c1-3-13-11(16)9-14(4-2)10-12(17)15-5-7-18-8-6-15/h3-10H2,1-2H3,(H,13,16). The van der Waals surface area contributed by atoms with Crippen molar-refractivity contribution < 1.29 is 14.3 Å². The van der Waals surface area contributed by atoms with Gasteiger partial charge in [0.25, 0.3) is 0 Å². The van der Waals surface area contributed by atoms with Gasteiger partial charge in [-0.15, -0.1) is 0 Å². The van der Waals surface area contributed by atoms with Crippen molar-refractivity contribution in [3.05, 3.63) is 0 Å². The van der Waals surface area contributed by atoms with E-state index < -0.39 is 0 Å².